The second kappa shape index (κ2) is 11.1. The number of fused-ring (bicyclic) bond motifs is 5. The molecule has 0 bridgehead atoms. The number of carbonyl (C=O) groups is 5. The van der Waals surface area contributed by atoms with E-state index in [1.807, 2.05) is 6.07 Å². The fourth-order valence-corrected chi connectivity index (χ4v) is 8.21. The summed E-state index contributed by atoms with van der Waals surface area (Å²) in [5, 5.41) is 0. The zero-order valence-electron chi connectivity index (χ0n) is 24.4. The Hall–Kier alpha value is -5.79. The van der Waals surface area contributed by atoms with Crippen molar-refractivity contribution >= 4 is 84.5 Å². The Morgan fingerprint density at radius 1 is 0.612 bits per heavy atom. The first-order chi connectivity index (χ1) is 23.5. The van der Waals surface area contributed by atoms with E-state index >= 15 is 0 Å². The maximum absolute atomic E-state index is 13.9. The van der Waals surface area contributed by atoms with E-state index in [2.05, 4.69) is 0 Å². The van der Waals surface area contributed by atoms with Gasteiger partial charge in [-0.15, -0.1) is 22.7 Å². The molecule has 0 unspecified atom stereocenters. The zero-order valence-corrected chi connectivity index (χ0v) is 26.1. The minimum atomic E-state index is -1.26. The first-order valence-electron chi connectivity index (χ1n) is 14.4. The smallest absolute Gasteiger partial charge is 0.419 e. The third-order valence-electron chi connectivity index (χ3n) is 8.19. The molecular formula is C36H15F4NO6S2. The number of ether oxygens (including phenoxy) is 1. The summed E-state index contributed by atoms with van der Waals surface area (Å²) in [6, 6.07) is 14.8. The Labute approximate surface area is 280 Å². The second-order valence-corrected chi connectivity index (χ2v) is 13.3. The number of allylic oxidation sites excluding steroid dienone is 2. The Morgan fingerprint density at radius 2 is 1.00 bits per heavy atom. The lowest BCUT2D eigenvalue weighted by atomic mass is 10.1. The summed E-state index contributed by atoms with van der Waals surface area (Å²) in [6.07, 6.45) is 1.81. The number of benzene rings is 3. The lowest BCUT2D eigenvalue weighted by Gasteiger charge is -2.07. The summed E-state index contributed by atoms with van der Waals surface area (Å²) < 4.78 is 63.4. The number of carbonyl (C=O) groups excluding carboxylic acids is 5. The molecule has 0 amide bonds. The lowest BCUT2D eigenvalue weighted by molar-refractivity contribution is 0.0975. The zero-order chi connectivity index (χ0) is 34.3. The van der Waals surface area contributed by atoms with Crippen LogP contribution in [0.3, 0.4) is 0 Å². The maximum atomic E-state index is 13.9. The molecule has 0 atom stereocenters. The fourth-order valence-electron chi connectivity index (χ4n) is 5.89. The highest BCUT2D eigenvalue weighted by atomic mass is 32.1. The second-order valence-electron chi connectivity index (χ2n) is 11.2. The molecule has 3 aromatic carbocycles. The first kappa shape index (κ1) is 30.5. The summed E-state index contributed by atoms with van der Waals surface area (Å²) in [7, 11) is 0. The van der Waals surface area contributed by atoms with Crippen molar-refractivity contribution < 1.29 is 46.3 Å². The van der Waals surface area contributed by atoms with E-state index in [-0.39, 0.29) is 40.0 Å². The van der Waals surface area contributed by atoms with Crippen molar-refractivity contribution in [1.82, 2.24) is 4.57 Å². The standard InChI is InChI=1S/C36H15F4NO6S2/c37-24-10-18-19(11-25(24)38)31(43)22(30(18)42)6-16-8-28-34(48-16)35-29(41(28)36(46)47-14-15-4-2-1-3-5-15)9-17(49-35)7-23-32(44)20-12-26(39)27(40)13-21(20)33(23)45/h1-13H,14H2. The minimum Gasteiger partial charge on any atom is -0.444 e. The van der Waals surface area contributed by atoms with Gasteiger partial charge in [0.25, 0.3) is 0 Å². The molecule has 0 aliphatic heterocycles. The number of Topliss-reactive ketones (excluding diaryl/α,β-unsaturated/α-hetero) is 4. The summed E-state index contributed by atoms with van der Waals surface area (Å²) >= 11 is 2.24. The van der Waals surface area contributed by atoms with Gasteiger partial charge in [0.2, 0.25) is 0 Å². The molecule has 3 heterocycles. The molecule has 0 saturated carbocycles. The number of hydrogen-bond acceptors (Lipinski definition) is 8. The average molecular weight is 698 g/mol. The monoisotopic (exact) mass is 697 g/mol. The number of halogens is 4. The molecular weight excluding hydrogens is 683 g/mol. The van der Waals surface area contributed by atoms with Crippen molar-refractivity contribution in [2.24, 2.45) is 0 Å². The third kappa shape index (κ3) is 4.80. The van der Waals surface area contributed by atoms with Crippen molar-refractivity contribution in [2.75, 3.05) is 0 Å². The number of aromatic nitrogens is 1. The average Bonchev–Trinajstić information content (AvgIpc) is 3.84. The van der Waals surface area contributed by atoms with Gasteiger partial charge in [-0.2, -0.15) is 0 Å². The maximum Gasteiger partial charge on any atom is 0.419 e. The normalized spacial score (nSPS) is 14.0. The number of rotatable bonds is 4. The van der Waals surface area contributed by atoms with Gasteiger partial charge in [-0.1, -0.05) is 30.3 Å². The van der Waals surface area contributed by atoms with Gasteiger partial charge in [0.05, 0.1) is 31.6 Å². The van der Waals surface area contributed by atoms with Crippen LogP contribution >= 0.6 is 22.7 Å². The summed E-state index contributed by atoms with van der Waals surface area (Å²) in [5.74, 6) is -8.15. The third-order valence-corrected chi connectivity index (χ3v) is 10.5. The highest BCUT2D eigenvalue weighted by molar-refractivity contribution is 7.28. The molecule has 0 fully saturated rings. The summed E-state index contributed by atoms with van der Waals surface area (Å²) in [6.45, 7) is -0.0638. The molecule has 0 radical (unpaired) electrons. The topological polar surface area (TPSA) is 99.5 Å². The van der Waals surface area contributed by atoms with E-state index in [1.165, 1.54) is 16.7 Å². The van der Waals surface area contributed by atoms with Crippen LogP contribution in [0, 0.1) is 23.3 Å². The first-order valence-corrected chi connectivity index (χ1v) is 16.0. The number of thiophene rings is 2. The van der Waals surface area contributed by atoms with Gasteiger partial charge in [-0.25, -0.2) is 26.9 Å². The molecule has 3 aromatic heterocycles. The van der Waals surface area contributed by atoms with Crippen LogP contribution in [0.2, 0.25) is 0 Å². The molecule has 2 aliphatic carbocycles. The number of hydrogen-bond donors (Lipinski definition) is 0. The van der Waals surface area contributed by atoms with Crippen molar-refractivity contribution in [3.05, 3.63) is 139 Å². The van der Waals surface area contributed by atoms with E-state index in [0.717, 1.165) is 28.2 Å². The van der Waals surface area contributed by atoms with Gasteiger partial charge < -0.3 is 4.74 Å². The van der Waals surface area contributed by atoms with Crippen molar-refractivity contribution in [3.8, 4) is 0 Å². The minimum absolute atomic E-state index is 0.0638. The number of ketones is 4. The van der Waals surface area contributed by atoms with Gasteiger partial charge in [0.15, 0.2) is 46.4 Å². The van der Waals surface area contributed by atoms with Crippen LogP contribution in [-0.2, 0) is 11.3 Å². The van der Waals surface area contributed by atoms with Crippen LogP contribution in [0.25, 0.3) is 32.6 Å². The van der Waals surface area contributed by atoms with Crippen LogP contribution in [0.5, 0.6) is 0 Å². The van der Waals surface area contributed by atoms with Crippen LogP contribution in [-0.4, -0.2) is 33.8 Å². The Bertz CT molecular complexity index is 2360. The lowest BCUT2D eigenvalue weighted by Crippen LogP contribution is -2.13. The molecule has 49 heavy (non-hydrogen) atoms. The molecule has 6 aromatic rings. The van der Waals surface area contributed by atoms with E-state index in [9.17, 15) is 41.5 Å². The quantitative estimate of drug-likeness (QED) is 0.104. The predicted molar refractivity (Wildman–Crippen MR) is 173 cm³/mol. The molecule has 13 heteroatoms. The van der Waals surface area contributed by atoms with E-state index in [4.69, 9.17) is 4.74 Å². The van der Waals surface area contributed by atoms with Crippen LogP contribution < -0.4 is 0 Å². The van der Waals surface area contributed by atoms with E-state index < -0.39 is 52.5 Å². The molecule has 7 nitrogen and oxygen atoms in total. The van der Waals surface area contributed by atoms with Gasteiger partial charge in [0.1, 0.15) is 6.61 Å². The SMILES string of the molecule is O=C1C(=Cc2cc3c(s2)c2sc(C=C4C(=O)c5cc(F)c(F)cc5C4=O)cc2n3C(=O)OCc2ccccc2)C(=O)c2cc(F)c(F)cc21. The molecule has 240 valence electrons. The van der Waals surface area contributed by atoms with Gasteiger partial charge in [0, 0.05) is 32.0 Å². The van der Waals surface area contributed by atoms with Crippen LogP contribution in [0.4, 0.5) is 22.4 Å². The van der Waals surface area contributed by atoms with Gasteiger partial charge in [-0.05, 0) is 54.1 Å². The van der Waals surface area contributed by atoms with Gasteiger partial charge in [-0.3, -0.25) is 19.2 Å². The van der Waals surface area contributed by atoms with Crippen molar-refractivity contribution in [3.63, 3.8) is 0 Å². The van der Waals surface area contributed by atoms with Gasteiger partial charge >= 0.3 is 6.09 Å². The highest BCUT2D eigenvalue weighted by Gasteiger charge is 2.36. The van der Waals surface area contributed by atoms with Crippen molar-refractivity contribution in [2.45, 2.75) is 6.61 Å². The van der Waals surface area contributed by atoms with E-state index in [0.29, 0.717) is 54.5 Å². The molecule has 8 rings (SSSR count). The largest absolute Gasteiger partial charge is 0.444 e. The fraction of sp³-hybridized carbons (Fsp3) is 0.0278. The Balaban J connectivity index is 1.23. The molecule has 0 saturated heterocycles. The Kier molecular flexibility index (Phi) is 6.94. The van der Waals surface area contributed by atoms with E-state index in [1.54, 1.807) is 36.4 Å². The van der Waals surface area contributed by atoms with Crippen LogP contribution in [0.15, 0.2) is 77.9 Å². The highest BCUT2D eigenvalue weighted by Crippen LogP contribution is 2.43. The molecule has 0 spiro atoms. The molecule has 0 N–H and O–H groups in total. The number of nitrogens with zero attached hydrogens (tertiary/aromatic N) is 1. The van der Waals surface area contributed by atoms with Crippen molar-refractivity contribution in [1.29, 1.82) is 0 Å². The summed E-state index contributed by atoms with van der Waals surface area (Å²) in [4.78, 5) is 66.4. The molecule has 2 aliphatic rings. The summed E-state index contributed by atoms with van der Waals surface area (Å²) in [5.41, 5.74) is -0.179. The van der Waals surface area contributed by atoms with Crippen LogP contribution in [0.1, 0.15) is 56.7 Å². The predicted octanol–water partition coefficient (Wildman–Crippen LogP) is 8.58. The Morgan fingerprint density at radius 3 is 1.39 bits per heavy atom.